The number of hydrogen-bond donors (Lipinski definition) is 1. The van der Waals surface area contributed by atoms with Crippen LogP contribution in [0.3, 0.4) is 0 Å². The lowest BCUT2D eigenvalue weighted by Crippen LogP contribution is -2.07. The van der Waals surface area contributed by atoms with Crippen molar-refractivity contribution in [3.63, 3.8) is 0 Å². The number of nitrogens with one attached hydrogen (secondary N) is 1. The number of aryl methyl sites for hydroxylation is 1. The van der Waals surface area contributed by atoms with Crippen LogP contribution < -0.4 is 0 Å². The Bertz CT molecular complexity index is 531. The second-order valence-electron chi connectivity index (χ2n) is 3.43. The zero-order chi connectivity index (χ0) is 10.3. The number of fused-ring (bicyclic) bond motifs is 1. The highest BCUT2D eigenvalue weighted by molar-refractivity contribution is 7.90. The summed E-state index contributed by atoms with van der Waals surface area (Å²) in [4.78, 5) is 6.83. The highest BCUT2D eigenvalue weighted by Gasteiger charge is 2.22. The van der Waals surface area contributed by atoms with Gasteiger partial charge in [0.05, 0.1) is 0 Å². The molecule has 76 valence electrons. The lowest BCUT2D eigenvalue weighted by atomic mass is 10.3. The van der Waals surface area contributed by atoms with Gasteiger partial charge in [-0.05, 0) is 31.5 Å². The van der Waals surface area contributed by atoms with Gasteiger partial charge in [-0.1, -0.05) is 0 Å². The fourth-order valence-corrected chi connectivity index (χ4v) is 2.94. The molecular formula is C8H10N2O2S2. The topological polar surface area (TPSA) is 62.8 Å². The average Bonchev–Trinajstić information content (AvgIpc) is 2.47. The second kappa shape index (κ2) is 3.13. The Morgan fingerprint density at radius 2 is 2.14 bits per heavy atom. The minimum atomic E-state index is -3.25. The Morgan fingerprint density at radius 1 is 1.43 bits per heavy atom. The predicted octanol–water partition coefficient (Wildman–Crippen LogP) is 1.03. The first-order valence-corrected chi connectivity index (χ1v) is 6.60. The monoisotopic (exact) mass is 230 g/mol. The molecule has 4 nitrogen and oxygen atoms in total. The van der Waals surface area contributed by atoms with Gasteiger partial charge in [-0.25, -0.2) is 13.4 Å². The van der Waals surface area contributed by atoms with E-state index in [1.807, 2.05) is 0 Å². The number of rotatable bonds is 1. The molecule has 0 bridgehead atoms. The Hall–Kier alpha value is -0.750. The van der Waals surface area contributed by atoms with Crippen molar-refractivity contribution in [2.45, 2.75) is 24.3 Å². The summed E-state index contributed by atoms with van der Waals surface area (Å²) in [7, 11) is -3.25. The minimum absolute atomic E-state index is 0.161. The van der Waals surface area contributed by atoms with Crippen LogP contribution in [0.4, 0.5) is 0 Å². The van der Waals surface area contributed by atoms with Crippen LogP contribution >= 0.6 is 12.2 Å². The van der Waals surface area contributed by atoms with E-state index in [1.165, 1.54) is 6.26 Å². The fourth-order valence-electron chi connectivity index (χ4n) is 1.74. The largest absolute Gasteiger partial charge is 0.334 e. The van der Waals surface area contributed by atoms with Crippen LogP contribution in [0.5, 0.6) is 0 Å². The van der Waals surface area contributed by atoms with Crippen molar-refractivity contribution >= 4 is 22.1 Å². The molecule has 0 aromatic carbocycles. The van der Waals surface area contributed by atoms with Crippen molar-refractivity contribution in [3.05, 3.63) is 16.0 Å². The molecule has 1 aliphatic carbocycles. The van der Waals surface area contributed by atoms with Gasteiger partial charge in [0.25, 0.3) is 0 Å². The van der Waals surface area contributed by atoms with Crippen LogP contribution in [0.2, 0.25) is 0 Å². The van der Waals surface area contributed by atoms with E-state index in [2.05, 4.69) is 9.97 Å². The summed E-state index contributed by atoms with van der Waals surface area (Å²) in [5, 5.41) is 0.161. The van der Waals surface area contributed by atoms with Gasteiger partial charge in [0.2, 0.25) is 0 Å². The summed E-state index contributed by atoms with van der Waals surface area (Å²) in [6, 6.07) is 0. The standard InChI is InChI=1S/C8H10N2O2S2/c1-14(11,12)7-5-3-2-4-6(5)9-8(13)10-7/h2-4H2,1H3,(H,9,10,13). The van der Waals surface area contributed by atoms with Crippen molar-refractivity contribution in [1.29, 1.82) is 0 Å². The lowest BCUT2D eigenvalue weighted by Gasteiger charge is -2.04. The van der Waals surface area contributed by atoms with Crippen LogP contribution in [0.25, 0.3) is 0 Å². The van der Waals surface area contributed by atoms with Crippen LogP contribution in [-0.4, -0.2) is 24.6 Å². The summed E-state index contributed by atoms with van der Waals surface area (Å²) in [5.41, 5.74) is 1.76. The maximum absolute atomic E-state index is 11.4. The number of hydrogen-bond acceptors (Lipinski definition) is 4. The second-order valence-corrected chi connectivity index (χ2v) is 5.75. The van der Waals surface area contributed by atoms with E-state index in [-0.39, 0.29) is 9.80 Å². The molecule has 1 aliphatic rings. The third-order valence-electron chi connectivity index (χ3n) is 2.29. The average molecular weight is 230 g/mol. The summed E-state index contributed by atoms with van der Waals surface area (Å²) < 4.78 is 23.1. The summed E-state index contributed by atoms with van der Waals surface area (Å²) >= 11 is 4.88. The third kappa shape index (κ3) is 1.59. The smallest absolute Gasteiger partial charge is 0.198 e. The van der Waals surface area contributed by atoms with E-state index < -0.39 is 9.84 Å². The highest BCUT2D eigenvalue weighted by atomic mass is 32.2. The first kappa shape index (κ1) is 9.79. The number of aromatic amines is 1. The lowest BCUT2D eigenvalue weighted by molar-refractivity contribution is 0.596. The summed E-state index contributed by atoms with van der Waals surface area (Å²) in [5.74, 6) is 0. The molecular weight excluding hydrogens is 220 g/mol. The molecule has 0 unspecified atom stereocenters. The number of nitrogens with zero attached hydrogens (tertiary/aromatic N) is 1. The van der Waals surface area contributed by atoms with Crippen molar-refractivity contribution in [2.75, 3.05) is 6.26 Å². The van der Waals surface area contributed by atoms with Crippen LogP contribution in [0.1, 0.15) is 17.7 Å². The van der Waals surface area contributed by atoms with Gasteiger partial charge in [0.1, 0.15) is 0 Å². The Labute approximate surface area is 87.3 Å². The Morgan fingerprint density at radius 3 is 2.79 bits per heavy atom. The molecule has 0 spiro atoms. The van der Waals surface area contributed by atoms with Gasteiger partial charge in [0, 0.05) is 17.5 Å². The minimum Gasteiger partial charge on any atom is -0.334 e. The number of sulfone groups is 1. The molecule has 0 atom stereocenters. The molecule has 1 aromatic heterocycles. The van der Waals surface area contributed by atoms with E-state index in [4.69, 9.17) is 12.2 Å². The molecule has 0 saturated heterocycles. The number of aromatic nitrogens is 2. The summed E-state index contributed by atoms with van der Waals surface area (Å²) in [6.45, 7) is 0. The predicted molar refractivity (Wildman–Crippen MR) is 54.6 cm³/mol. The van der Waals surface area contributed by atoms with Gasteiger partial charge in [0.15, 0.2) is 19.6 Å². The van der Waals surface area contributed by atoms with Crippen molar-refractivity contribution < 1.29 is 8.42 Å². The summed E-state index contributed by atoms with van der Waals surface area (Å²) in [6.07, 6.45) is 3.78. The van der Waals surface area contributed by atoms with Crippen molar-refractivity contribution in [1.82, 2.24) is 9.97 Å². The molecule has 1 N–H and O–H groups in total. The van der Waals surface area contributed by atoms with E-state index in [0.29, 0.717) is 0 Å². The first-order valence-electron chi connectivity index (χ1n) is 4.30. The molecule has 0 radical (unpaired) electrons. The molecule has 0 amide bonds. The van der Waals surface area contributed by atoms with Gasteiger partial charge >= 0.3 is 0 Å². The molecule has 0 aliphatic heterocycles. The van der Waals surface area contributed by atoms with E-state index >= 15 is 0 Å². The van der Waals surface area contributed by atoms with E-state index in [0.717, 1.165) is 30.5 Å². The van der Waals surface area contributed by atoms with Gasteiger partial charge < -0.3 is 4.98 Å². The van der Waals surface area contributed by atoms with Crippen LogP contribution in [0, 0.1) is 4.77 Å². The van der Waals surface area contributed by atoms with E-state index in [1.54, 1.807) is 0 Å². The normalized spacial score (nSPS) is 15.5. The molecule has 14 heavy (non-hydrogen) atoms. The van der Waals surface area contributed by atoms with Crippen molar-refractivity contribution in [3.8, 4) is 0 Å². The van der Waals surface area contributed by atoms with Gasteiger partial charge in [-0.15, -0.1) is 0 Å². The number of H-pyrrole nitrogens is 1. The maximum Gasteiger partial charge on any atom is 0.198 e. The van der Waals surface area contributed by atoms with Crippen molar-refractivity contribution in [2.24, 2.45) is 0 Å². The van der Waals surface area contributed by atoms with Gasteiger partial charge in [-0.3, -0.25) is 0 Å². The third-order valence-corrected chi connectivity index (χ3v) is 3.52. The zero-order valence-corrected chi connectivity index (χ0v) is 9.33. The zero-order valence-electron chi connectivity index (χ0n) is 7.70. The highest BCUT2D eigenvalue weighted by Crippen LogP contribution is 2.24. The maximum atomic E-state index is 11.4. The molecule has 0 fully saturated rings. The first-order chi connectivity index (χ1) is 6.48. The Balaban J connectivity index is 2.79. The fraction of sp³-hybridized carbons (Fsp3) is 0.500. The Kier molecular flexibility index (Phi) is 2.19. The molecule has 2 rings (SSSR count). The molecule has 0 saturated carbocycles. The SMILES string of the molecule is CS(=O)(=O)c1nc(=S)[nH]c2c1CCC2. The molecule has 1 aromatic rings. The van der Waals surface area contributed by atoms with Crippen LogP contribution in [0.15, 0.2) is 5.03 Å². The van der Waals surface area contributed by atoms with Crippen LogP contribution in [-0.2, 0) is 22.7 Å². The molecule has 1 heterocycles. The van der Waals surface area contributed by atoms with E-state index in [9.17, 15) is 8.42 Å². The van der Waals surface area contributed by atoms with Gasteiger partial charge in [-0.2, -0.15) is 0 Å². The quantitative estimate of drug-likeness (QED) is 0.578. The molecule has 6 heteroatoms.